The van der Waals surface area contributed by atoms with Crippen LogP contribution in [0.5, 0.6) is 0 Å². The summed E-state index contributed by atoms with van der Waals surface area (Å²) in [7, 11) is 0. The first-order valence-electron chi connectivity index (χ1n) is 7.49. The maximum absolute atomic E-state index is 13.5. The molecule has 0 saturated heterocycles. The summed E-state index contributed by atoms with van der Waals surface area (Å²) in [6.07, 6.45) is -3.56. The van der Waals surface area contributed by atoms with E-state index >= 15 is 0 Å². The average molecular weight is 380 g/mol. The molecular weight excluding hydrogens is 369 g/mol. The number of hydrazone groups is 1. The highest BCUT2D eigenvalue weighted by atomic mass is 19.4. The zero-order valence-corrected chi connectivity index (χ0v) is 13.4. The van der Waals surface area contributed by atoms with Gasteiger partial charge in [-0.25, -0.2) is 0 Å². The minimum absolute atomic E-state index is 0.0889. The normalized spacial score (nSPS) is 19.7. The third kappa shape index (κ3) is 3.24. The Morgan fingerprint density at radius 1 is 1.30 bits per heavy atom. The van der Waals surface area contributed by atoms with Crippen molar-refractivity contribution in [3.63, 3.8) is 0 Å². The first kappa shape index (κ1) is 18.5. The number of carbonyl (C=O) groups is 1. The molecule has 0 aliphatic carbocycles. The molecule has 0 fully saturated rings. The van der Waals surface area contributed by atoms with Gasteiger partial charge in [0.25, 0.3) is 17.3 Å². The van der Waals surface area contributed by atoms with Gasteiger partial charge in [0, 0.05) is 35.7 Å². The van der Waals surface area contributed by atoms with Crippen LogP contribution >= 0.6 is 0 Å². The number of benzene rings is 1. The lowest BCUT2D eigenvalue weighted by Gasteiger charge is -2.32. The van der Waals surface area contributed by atoms with Gasteiger partial charge in [0.05, 0.1) is 17.1 Å². The molecule has 1 amide bonds. The Kier molecular flexibility index (Phi) is 4.39. The van der Waals surface area contributed by atoms with E-state index in [1.54, 1.807) is 0 Å². The number of non-ortho nitro benzene ring substituents is 1. The lowest BCUT2D eigenvalue weighted by atomic mass is 10.0. The average Bonchev–Trinajstić information content (AvgIpc) is 3.01. The number of nitrogens with zero attached hydrogens (tertiary/aromatic N) is 4. The van der Waals surface area contributed by atoms with E-state index in [1.807, 2.05) is 0 Å². The van der Waals surface area contributed by atoms with Gasteiger partial charge in [-0.1, -0.05) is 12.1 Å². The van der Waals surface area contributed by atoms with Crippen LogP contribution in [0.15, 0.2) is 53.9 Å². The van der Waals surface area contributed by atoms with Gasteiger partial charge in [-0.05, 0) is 12.1 Å². The van der Waals surface area contributed by atoms with Crippen molar-refractivity contribution in [3.8, 4) is 0 Å². The van der Waals surface area contributed by atoms with E-state index < -0.39 is 40.4 Å². The van der Waals surface area contributed by atoms with Crippen molar-refractivity contribution in [1.82, 2.24) is 9.99 Å². The van der Waals surface area contributed by atoms with Crippen molar-refractivity contribution in [2.24, 2.45) is 5.10 Å². The second-order valence-corrected chi connectivity index (χ2v) is 5.70. The predicted octanol–water partition coefficient (Wildman–Crippen LogP) is 2.49. The number of halogens is 3. The summed E-state index contributed by atoms with van der Waals surface area (Å²) >= 11 is 0. The molecular formula is C16H11F3N4O4. The Hall–Kier alpha value is -3.34. The highest BCUT2D eigenvalue weighted by Gasteiger charge is 2.63. The molecule has 1 aromatic heterocycles. The molecule has 3 rings (SSSR count). The molecule has 11 heteroatoms. The number of hydrogen-bond donors (Lipinski definition) is 1. The molecule has 0 radical (unpaired) electrons. The number of alkyl halides is 3. The number of aliphatic hydroxyl groups is 1. The Morgan fingerprint density at radius 3 is 2.63 bits per heavy atom. The number of aromatic nitrogens is 1. The molecule has 27 heavy (non-hydrogen) atoms. The number of pyridine rings is 1. The Morgan fingerprint density at radius 2 is 2.04 bits per heavy atom. The monoisotopic (exact) mass is 380 g/mol. The highest BCUT2D eigenvalue weighted by Crippen LogP contribution is 2.42. The molecule has 2 aromatic rings. The summed E-state index contributed by atoms with van der Waals surface area (Å²) in [5, 5.41) is 24.6. The van der Waals surface area contributed by atoms with Gasteiger partial charge in [0.15, 0.2) is 0 Å². The number of carbonyl (C=O) groups excluding carboxylic acids is 1. The molecule has 1 N–H and O–H groups in total. The molecule has 1 aliphatic rings. The lowest BCUT2D eigenvalue weighted by molar-refractivity contribution is -0.384. The van der Waals surface area contributed by atoms with E-state index in [1.165, 1.54) is 24.5 Å². The van der Waals surface area contributed by atoms with E-state index in [9.17, 15) is 33.2 Å². The van der Waals surface area contributed by atoms with Crippen LogP contribution < -0.4 is 0 Å². The maximum Gasteiger partial charge on any atom is 0.438 e. The fourth-order valence-electron chi connectivity index (χ4n) is 2.55. The number of amides is 1. The van der Waals surface area contributed by atoms with E-state index in [0.29, 0.717) is 0 Å². The summed E-state index contributed by atoms with van der Waals surface area (Å²) in [4.78, 5) is 26.4. The predicted molar refractivity (Wildman–Crippen MR) is 85.7 cm³/mol. The Labute approximate surface area is 149 Å². The summed E-state index contributed by atoms with van der Waals surface area (Å²) in [6, 6.07) is 7.06. The smallest absolute Gasteiger partial charge is 0.362 e. The fourth-order valence-corrected chi connectivity index (χ4v) is 2.55. The molecule has 0 bridgehead atoms. The van der Waals surface area contributed by atoms with Crippen LogP contribution in [0.4, 0.5) is 18.9 Å². The Bertz CT molecular complexity index is 933. The molecule has 0 spiro atoms. The molecule has 2 heterocycles. The molecule has 0 saturated carbocycles. The molecule has 1 aromatic carbocycles. The van der Waals surface area contributed by atoms with Crippen LogP contribution in [0.1, 0.15) is 22.3 Å². The zero-order valence-electron chi connectivity index (χ0n) is 13.4. The van der Waals surface area contributed by atoms with Gasteiger partial charge >= 0.3 is 6.18 Å². The van der Waals surface area contributed by atoms with Gasteiger partial charge < -0.3 is 5.11 Å². The van der Waals surface area contributed by atoms with Gasteiger partial charge in [-0.15, -0.1) is 0 Å². The van der Waals surface area contributed by atoms with E-state index in [4.69, 9.17) is 0 Å². The molecule has 140 valence electrons. The molecule has 1 aliphatic heterocycles. The lowest BCUT2D eigenvalue weighted by Crippen LogP contribution is -2.56. The minimum atomic E-state index is -5.21. The van der Waals surface area contributed by atoms with Crippen molar-refractivity contribution in [2.45, 2.75) is 18.3 Å². The van der Waals surface area contributed by atoms with Gasteiger partial charge in [0.2, 0.25) is 0 Å². The standard InChI is InChI=1S/C16H11F3N4O4/c17-16(18,19)15(25)8-13(11-4-2-6-20-9-11)21-22(15)14(24)10-3-1-5-12(7-10)23(26)27/h1-7,9,25H,8H2/t15-/m1/s1. The summed E-state index contributed by atoms with van der Waals surface area (Å²) in [5.41, 5.74) is -4.47. The van der Waals surface area contributed by atoms with E-state index in [-0.39, 0.29) is 16.3 Å². The molecule has 1 atom stereocenters. The van der Waals surface area contributed by atoms with Crippen LogP contribution in [0.2, 0.25) is 0 Å². The number of rotatable bonds is 3. The van der Waals surface area contributed by atoms with Crippen molar-refractivity contribution in [1.29, 1.82) is 0 Å². The first-order valence-corrected chi connectivity index (χ1v) is 7.49. The fraction of sp³-hybridized carbons (Fsp3) is 0.188. The number of hydrogen-bond acceptors (Lipinski definition) is 6. The second-order valence-electron chi connectivity index (χ2n) is 5.70. The van der Waals surface area contributed by atoms with Crippen LogP contribution in [0, 0.1) is 10.1 Å². The summed E-state index contributed by atoms with van der Waals surface area (Å²) in [5.74, 6) is -1.32. The van der Waals surface area contributed by atoms with Gasteiger partial charge in [-0.2, -0.15) is 23.3 Å². The third-order valence-corrected chi connectivity index (χ3v) is 3.93. The summed E-state index contributed by atoms with van der Waals surface area (Å²) < 4.78 is 40.6. The topological polar surface area (TPSA) is 109 Å². The van der Waals surface area contributed by atoms with Crippen molar-refractivity contribution < 1.29 is 28.0 Å². The number of nitro groups is 1. The largest absolute Gasteiger partial charge is 0.438 e. The van der Waals surface area contributed by atoms with Crippen molar-refractivity contribution >= 4 is 17.3 Å². The quantitative estimate of drug-likeness (QED) is 0.650. The minimum Gasteiger partial charge on any atom is -0.362 e. The van der Waals surface area contributed by atoms with Crippen molar-refractivity contribution in [3.05, 3.63) is 70.0 Å². The van der Waals surface area contributed by atoms with Crippen LogP contribution in [-0.2, 0) is 0 Å². The molecule has 0 unspecified atom stereocenters. The van der Waals surface area contributed by atoms with Crippen LogP contribution in [-0.4, -0.2) is 43.5 Å². The highest BCUT2D eigenvalue weighted by molar-refractivity contribution is 6.05. The van der Waals surface area contributed by atoms with Crippen LogP contribution in [0.3, 0.4) is 0 Å². The zero-order chi connectivity index (χ0) is 19.8. The third-order valence-electron chi connectivity index (χ3n) is 3.93. The second kappa shape index (κ2) is 6.43. The van der Waals surface area contributed by atoms with E-state index in [2.05, 4.69) is 10.1 Å². The van der Waals surface area contributed by atoms with Crippen molar-refractivity contribution in [2.75, 3.05) is 0 Å². The SMILES string of the molecule is O=C(c1cccc([N+](=O)[O-])c1)N1N=C(c2cccnc2)C[C@@]1(O)C(F)(F)F. The Balaban J connectivity index is 2.06. The first-order chi connectivity index (χ1) is 12.6. The molecule has 8 nitrogen and oxygen atoms in total. The number of nitro benzene ring substituents is 1. The summed E-state index contributed by atoms with van der Waals surface area (Å²) in [6.45, 7) is 0. The van der Waals surface area contributed by atoms with Gasteiger partial charge in [-0.3, -0.25) is 19.9 Å². The van der Waals surface area contributed by atoms with Gasteiger partial charge in [0.1, 0.15) is 0 Å². The maximum atomic E-state index is 13.5. The van der Waals surface area contributed by atoms with E-state index in [0.717, 1.165) is 24.3 Å². The van der Waals surface area contributed by atoms with Crippen LogP contribution in [0.25, 0.3) is 0 Å².